The number of rotatable bonds is 2. The highest BCUT2D eigenvalue weighted by Crippen LogP contribution is 2.31. The Morgan fingerprint density at radius 1 is 1.44 bits per heavy atom. The molecule has 1 atom stereocenters. The zero-order chi connectivity index (χ0) is 12.5. The van der Waals surface area contributed by atoms with Gasteiger partial charge in [-0.2, -0.15) is 11.8 Å². The summed E-state index contributed by atoms with van der Waals surface area (Å²) in [5.41, 5.74) is 3.00. The average molecular weight is 282 g/mol. The van der Waals surface area contributed by atoms with Crippen LogP contribution in [0.3, 0.4) is 0 Å². The maximum absolute atomic E-state index is 6.04. The second-order valence-electron chi connectivity index (χ2n) is 4.70. The van der Waals surface area contributed by atoms with Crippen LogP contribution in [0, 0.1) is 6.92 Å². The molecular formula is C13H16ClN3S. The molecule has 1 unspecified atom stereocenters. The number of halogens is 1. The molecule has 0 bridgehead atoms. The van der Waals surface area contributed by atoms with E-state index in [1.54, 1.807) is 0 Å². The third-order valence-electron chi connectivity index (χ3n) is 3.37. The molecule has 3 heterocycles. The Bertz CT molecular complexity index is 561. The van der Waals surface area contributed by atoms with Crippen molar-refractivity contribution < 1.29 is 0 Å². The van der Waals surface area contributed by atoms with Crippen molar-refractivity contribution >= 4 is 34.5 Å². The maximum Gasteiger partial charge on any atom is 0.160 e. The van der Waals surface area contributed by atoms with Gasteiger partial charge in [0.2, 0.25) is 0 Å². The number of thioether (sulfide) groups is 1. The molecule has 96 valence electrons. The molecule has 18 heavy (non-hydrogen) atoms. The molecule has 1 aliphatic rings. The summed E-state index contributed by atoms with van der Waals surface area (Å²) in [6.45, 7) is 2.02. The van der Waals surface area contributed by atoms with Crippen LogP contribution in [0.1, 0.15) is 30.4 Å². The second-order valence-corrected chi connectivity index (χ2v) is 6.12. The molecule has 0 radical (unpaired) electrons. The number of alkyl halides is 1. The van der Waals surface area contributed by atoms with Crippen LogP contribution in [0.4, 0.5) is 0 Å². The van der Waals surface area contributed by atoms with Crippen LogP contribution in [-0.4, -0.2) is 26.0 Å². The van der Waals surface area contributed by atoms with E-state index >= 15 is 0 Å². The summed E-state index contributed by atoms with van der Waals surface area (Å²) < 4.78 is 2.27. The number of hydrogen-bond donors (Lipinski definition) is 0. The number of hydrogen-bond acceptors (Lipinski definition) is 3. The monoisotopic (exact) mass is 281 g/mol. The summed E-state index contributed by atoms with van der Waals surface area (Å²) in [7, 11) is 0. The standard InChI is InChI=1S/C13H16ClN3S/c1-9-4-5-11-13(15-9)17(12(7-14)16-11)10-3-2-6-18-8-10/h4-5,10H,2-3,6-8H2,1H3. The maximum atomic E-state index is 6.04. The highest BCUT2D eigenvalue weighted by atomic mass is 35.5. The first-order chi connectivity index (χ1) is 8.79. The van der Waals surface area contributed by atoms with Gasteiger partial charge in [-0.15, -0.1) is 11.6 Å². The van der Waals surface area contributed by atoms with E-state index in [4.69, 9.17) is 11.6 Å². The van der Waals surface area contributed by atoms with E-state index in [1.165, 1.54) is 18.6 Å². The molecule has 0 aliphatic carbocycles. The molecule has 0 aromatic carbocycles. The molecule has 5 heteroatoms. The topological polar surface area (TPSA) is 30.7 Å². The third-order valence-corrected chi connectivity index (χ3v) is 4.81. The van der Waals surface area contributed by atoms with Gasteiger partial charge in [-0.1, -0.05) is 0 Å². The van der Waals surface area contributed by atoms with Crippen LogP contribution < -0.4 is 0 Å². The normalized spacial score (nSPS) is 20.4. The third kappa shape index (κ3) is 2.12. The van der Waals surface area contributed by atoms with Gasteiger partial charge in [0, 0.05) is 17.5 Å². The van der Waals surface area contributed by atoms with Crippen LogP contribution in [0.25, 0.3) is 11.2 Å². The molecule has 0 spiro atoms. The van der Waals surface area contributed by atoms with Crippen LogP contribution in [0.2, 0.25) is 0 Å². The SMILES string of the molecule is Cc1ccc2nc(CCl)n(C3CCCSC3)c2n1. The minimum absolute atomic E-state index is 0.455. The van der Waals surface area contributed by atoms with E-state index in [0.29, 0.717) is 11.9 Å². The zero-order valence-electron chi connectivity index (χ0n) is 10.4. The molecule has 1 fully saturated rings. The molecule has 3 rings (SSSR count). The van der Waals surface area contributed by atoms with E-state index in [9.17, 15) is 0 Å². The molecule has 2 aromatic rings. The van der Waals surface area contributed by atoms with Gasteiger partial charge in [0.1, 0.15) is 11.3 Å². The van der Waals surface area contributed by atoms with Gasteiger partial charge in [-0.25, -0.2) is 9.97 Å². The van der Waals surface area contributed by atoms with Crippen molar-refractivity contribution in [3.05, 3.63) is 23.7 Å². The summed E-state index contributed by atoms with van der Waals surface area (Å²) >= 11 is 8.06. The number of aryl methyl sites for hydroxylation is 1. The lowest BCUT2D eigenvalue weighted by atomic mass is 10.2. The number of nitrogens with zero attached hydrogens (tertiary/aromatic N) is 3. The molecule has 1 saturated heterocycles. The Hall–Kier alpha value is -0.740. The minimum Gasteiger partial charge on any atom is -0.308 e. The smallest absolute Gasteiger partial charge is 0.160 e. The predicted molar refractivity (Wildman–Crippen MR) is 77.4 cm³/mol. The molecule has 0 saturated carbocycles. The highest BCUT2D eigenvalue weighted by Gasteiger charge is 2.22. The van der Waals surface area contributed by atoms with Crippen LogP contribution >= 0.6 is 23.4 Å². The second kappa shape index (κ2) is 5.10. The first-order valence-corrected chi connectivity index (χ1v) is 7.96. The van der Waals surface area contributed by atoms with Gasteiger partial charge in [0.15, 0.2) is 5.65 Å². The summed E-state index contributed by atoms with van der Waals surface area (Å²) in [5.74, 6) is 3.82. The lowest BCUT2D eigenvalue weighted by Crippen LogP contribution is -2.18. The van der Waals surface area contributed by atoms with Crippen molar-refractivity contribution in [1.29, 1.82) is 0 Å². The number of fused-ring (bicyclic) bond motifs is 1. The van der Waals surface area contributed by atoms with E-state index in [0.717, 1.165) is 28.4 Å². The highest BCUT2D eigenvalue weighted by molar-refractivity contribution is 7.99. The molecule has 0 amide bonds. The quantitative estimate of drug-likeness (QED) is 0.789. The summed E-state index contributed by atoms with van der Waals surface area (Å²) in [4.78, 5) is 9.26. The van der Waals surface area contributed by atoms with E-state index < -0.39 is 0 Å². The molecule has 1 aliphatic heterocycles. The minimum atomic E-state index is 0.455. The largest absolute Gasteiger partial charge is 0.308 e. The molecule has 0 N–H and O–H groups in total. The van der Waals surface area contributed by atoms with E-state index in [-0.39, 0.29) is 0 Å². The van der Waals surface area contributed by atoms with Crippen molar-refractivity contribution in [3.8, 4) is 0 Å². The molecular weight excluding hydrogens is 266 g/mol. The Morgan fingerprint density at radius 2 is 2.33 bits per heavy atom. The van der Waals surface area contributed by atoms with Crippen LogP contribution in [0.5, 0.6) is 0 Å². The molecule has 3 nitrogen and oxygen atoms in total. The van der Waals surface area contributed by atoms with Gasteiger partial charge in [-0.3, -0.25) is 0 Å². The van der Waals surface area contributed by atoms with Gasteiger partial charge >= 0.3 is 0 Å². The fourth-order valence-electron chi connectivity index (χ4n) is 2.52. The Kier molecular flexibility index (Phi) is 3.48. The van der Waals surface area contributed by atoms with Crippen LogP contribution in [0.15, 0.2) is 12.1 Å². The lowest BCUT2D eigenvalue weighted by molar-refractivity contribution is 0.497. The van der Waals surface area contributed by atoms with Crippen molar-refractivity contribution in [2.45, 2.75) is 31.7 Å². The number of aromatic nitrogens is 3. The Labute approximate surface area is 116 Å². The number of pyridine rings is 1. The lowest BCUT2D eigenvalue weighted by Gasteiger charge is -2.24. The van der Waals surface area contributed by atoms with Gasteiger partial charge in [0.05, 0.1) is 5.88 Å². The van der Waals surface area contributed by atoms with E-state index in [1.807, 2.05) is 30.8 Å². The van der Waals surface area contributed by atoms with Crippen molar-refractivity contribution in [3.63, 3.8) is 0 Å². The van der Waals surface area contributed by atoms with E-state index in [2.05, 4.69) is 14.5 Å². The summed E-state index contributed by atoms with van der Waals surface area (Å²) in [5, 5.41) is 0. The average Bonchev–Trinajstić information content (AvgIpc) is 2.77. The fraction of sp³-hybridized carbons (Fsp3) is 0.538. The zero-order valence-corrected chi connectivity index (χ0v) is 12.0. The van der Waals surface area contributed by atoms with Gasteiger partial charge in [0.25, 0.3) is 0 Å². The van der Waals surface area contributed by atoms with Gasteiger partial charge in [-0.05, 0) is 37.7 Å². The summed E-state index contributed by atoms with van der Waals surface area (Å²) in [6.07, 6.45) is 2.47. The van der Waals surface area contributed by atoms with Crippen molar-refractivity contribution in [1.82, 2.24) is 14.5 Å². The first-order valence-electron chi connectivity index (χ1n) is 6.28. The van der Waals surface area contributed by atoms with Gasteiger partial charge < -0.3 is 4.57 Å². The Morgan fingerprint density at radius 3 is 3.06 bits per heavy atom. The first kappa shape index (κ1) is 12.3. The summed E-state index contributed by atoms with van der Waals surface area (Å²) in [6, 6.07) is 4.55. The van der Waals surface area contributed by atoms with Crippen molar-refractivity contribution in [2.75, 3.05) is 11.5 Å². The number of imidazole rings is 1. The Balaban J connectivity index is 2.14. The fourth-order valence-corrected chi connectivity index (χ4v) is 3.83. The predicted octanol–water partition coefficient (Wildman–Crippen LogP) is 3.55. The van der Waals surface area contributed by atoms with Crippen LogP contribution in [-0.2, 0) is 5.88 Å². The van der Waals surface area contributed by atoms with Crippen molar-refractivity contribution in [2.24, 2.45) is 0 Å². The molecule has 2 aromatic heterocycles.